The maximum absolute atomic E-state index is 13.0. The molecule has 0 radical (unpaired) electrons. The summed E-state index contributed by atoms with van der Waals surface area (Å²) in [6, 6.07) is 2.09. The van der Waals surface area contributed by atoms with Crippen LogP contribution in [0.25, 0.3) is 10.2 Å². The Morgan fingerprint density at radius 2 is 2.12 bits per heavy atom. The molecule has 3 aromatic heterocycles. The van der Waals surface area contributed by atoms with Gasteiger partial charge in [-0.15, -0.1) is 11.3 Å². The van der Waals surface area contributed by atoms with Crippen molar-refractivity contribution in [2.75, 3.05) is 26.0 Å². The highest BCUT2D eigenvalue weighted by Crippen LogP contribution is 2.41. The van der Waals surface area contributed by atoms with Gasteiger partial charge in [-0.05, 0) is 56.2 Å². The van der Waals surface area contributed by atoms with Crippen LogP contribution in [0.1, 0.15) is 61.2 Å². The van der Waals surface area contributed by atoms with Crippen LogP contribution in [0, 0.1) is 12.8 Å². The lowest BCUT2D eigenvalue weighted by Gasteiger charge is -2.26. The summed E-state index contributed by atoms with van der Waals surface area (Å²) in [7, 11) is 3.58. The van der Waals surface area contributed by atoms with Crippen molar-refractivity contribution in [2.24, 2.45) is 5.92 Å². The number of pyridine rings is 1. The van der Waals surface area contributed by atoms with E-state index in [1.807, 2.05) is 11.9 Å². The van der Waals surface area contributed by atoms with E-state index in [0.717, 1.165) is 84.5 Å². The molecule has 3 aromatic rings. The average molecular weight is 482 g/mol. The van der Waals surface area contributed by atoms with Crippen molar-refractivity contribution in [3.8, 4) is 5.88 Å². The van der Waals surface area contributed by atoms with Crippen LogP contribution in [0.3, 0.4) is 0 Å². The van der Waals surface area contributed by atoms with E-state index in [9.17, 15) is 4.79 Å². The van der Waals surface area contributed by atoms with Crippen molar-refractivity contribution in [2.45, 2.75) is 65.7 Å². The maximum Gasteiger partial charge on any atom is 0.237 e. The second kappa shape index (κ2) is 10.7. The molecule has 0 saturated carbocycles. The molecule has 1 amide bonds. The zero-order valence-corrected chi connectivity index (χ0v) is 21.7. The SMILES string of the molecule is CCCCN(C)C(=O)C1CCc2c(sc3ncnc(Nc4cc(C)c(CCC)nc4OC)c23)C1. The number of hydrogen-bond acceptors (Lipinski definition) is 7. The topological polar surface area (TPSA) is 80.2 Å². The number of aryl methyl sites for hydroxylation is 3. The number of fused-ring (bicyclic) bond motifs is 3. The molecular formula is C26H35N5O2S. The van der Waals surface area contributed by atoms with Gasteiger partial charge < -0.3 is 15.0 Å². The molecule has 1 atom stereocenters. The Balaban J connectivity index is 1.63. The zero-order valence-electron chi connectivity index (χ0n) is 20.9. The highest BCUT2D eigenvalue weighted by Gasteiger charge is 2.30. The Labute approximate surface area is 206 Å². The van der Waals surface area contributed by atoms with Gasteiger partial charge in [-0.1, -0.05) is 26.7 Å². The number of methoxy groups -OCH3 is 1. The highest BCUT2D eigenvalue weighted by atomic mass is 32.1. The van der Waals surface area contributed by atoms with Crippen LogP contribution in [-0.4, -0.2) is 46.5 Å². The first-order valence-corrected chi connectivity index (χ1v) is 13.1. The number of amides is 1. The Morgan fingerprint density at radius 1 is 1.29 bits per heavy atom. The number of nitrogens with one attached hydrogen (secondary N) is 1. The van der Waals surface area contributed by atoms with Gasteiger partial charge in [0, 0.05) is 30.1 Å². The van der Waals surface area contributed by atoms with Crippen molar-refractivity contribution in [3.05, 3.63) is 34.1 Å². The number of aromatic nitrogens is 3. The number of thiophene rings is 1. The Morgan fingerprint density at radius 3 is 2.85 bits per heavy atom. The first-order chi connectivity index (χ1) is 16.5. The normalized spacial score (nSPS) is 15.3. The summed E-state index contributed by atoms with van der Waals surface area (Å²) in [6.45, 7) is 7.22. The third-order valence-electron chi connectivity index (χ3n) is 6.63. The second-order valence-electron chi connectivity index (χ2n) is 9.14. The van der Waals surface area contributed by atoms with Crippen molar-refractivity contribution >= 4 is 39.0 Å². The van der Waals surface area contributed by atoms with Gasteiger partial charge in [-0.3, -0.25) is 4.79 Å². The fourth-order valence-corrected chi connectivity index (χ4v) is 6.00. The van der Waals surface area contributed by atoms with E-state index in [1.54, 1.807) is 24.8 Å². The number of ether oxygens (including phenoxy) is 1. The Hall–Kier alpha value is -2.74. The van der Waals surface area contributed by atoms with E-state index in [4.69, 9.17) is 9.72 Å². The van der Waals surface area contributed by atoms with Gasteiger partial charge in [0.15, 0.2) is 0 Å². The molecule has 7 nitrogen and oxygen atoms in total. The summed E-state index contributed by atoms with van der Waals surface area (Å²) < 4.78 is 5.60. The minimum Gasteiger partial charge on any atom is -0.480 e. The Bertz CT molecular complexity index is 1180. The van der Waals surface area contributed by atoms with Gasteiger partial charge >= 0.3 is 0 Å². The van der Waals surface area contributed by atoms with Crippen LogP contribution in [0.15, 0.2) is 12.4 Å². The van der Waals surface area contributed by atoms with E-state index >= 15 is 0 Å². The summed E-state index contributed by atoms with van der Waals surface area (Å²) in [5.74, 6) is 1.66. The summed E-state index contributed by atoms with van der Waals surface area (Å²) >= 11 is 1.69. The smallest absolute Gasteiger partial charge is 0.237 e. The molecule has 0 bridgehead atoms. The standard InChI is InChI=1S/C26H35N5O2S/c1-6-8-12-31(4)26(32)17-10-11-18-21(14-17)34-25-22(18)23(27-15-28-25)29-20-13-16(3)19(9-7-2)30-24(20)33-5/h13,15,17H,6-12,14H2,1-5H3,(H,27,28,29). The third kappa shape index (κ3) is 4.87. The predicted molar refractivity (Wildman–Crippen MR) is 138 cm³/mol. The largest absolute Gasteiger partial charge is 0.480 e. The van der Waals surface area contributed by atoms with Crippen LogP contribution >= 0.6 is 11.3 Å². The molecular weight excluding hydrogens is 446 g/mol. The maximum atomic E-state index is 13.0. The monoisotopic (exact) mass is 481 g/mol. The predicted octanol–water partition coefficient (Wildman–Crippen LogP) is 5.46. The molecule has 1 unspecified atom stereocenters. The van der Waals surface area contributed by atoms with E-state index < -0.39 is 0 Å². The fourth-order valence-electron chi connectivity index (χ4n) is 4.73. The van der Waals surface area contributed by atoms with E-state index in [-0.39, 0.29) is 11.8 Å². The molecule has 1 aliphatic carbocycles. The van der Waals surface area contributed by atoms with Crippen molar-refractivity contribution in [1.29, 1.82) is 0 Å². The van der Waals surface area contributed by atoms with Gasteiger partial charge in [-0.2, -0.15) is 0 Å². The summed E-state index contributed by atoms with van der Waals surface area (Å²) in [5.41, 5.74) is 4.28. The van der Waals surface area contributed by atoms with Crippen molar-refractivity contribution in [1.82, 2.24) is 19.9 Å². The average Bonchev–Trinajstić information content (AvgIpc) is 3.22. The molecule has 0 aromatic carbocycles. The van der Waals surface area contributed by atoms with Crippen LogP contribution in [0.2, 0.25) is 0 Å². The molecule has 0 fully saturated rings. The third-order valence-corrected chi connectivity index (χ3v) is 7.80. The van der Waals surface area contributed by atoms with Crippen molar-refractivity contribution in [3.63, 3.8) is 0 Å². The van der Waals surface area contributed by atoms with Crippen LogP contribution in [-0.2, 0) is 24.1 Å². The van der Waals surface area contributed by atoms with Crippen LogP contribution in [0.5, 0.6) is 5.88 Å². The van der Waals surface area contributed by atoms with Gasteiger partial charge in [0.1, 0.15) is 22.7 Å². The van der Waals surface area contributed by atoms with Gasteiger partial charge in [0.2, 0.25) is 11.8 Å². The summed E-state index contributed by atoms with van der Waals surface area (Å²) in [6.07, 6.45) is 8.20. The lowest BCUT2D eigenvalue weighted by Crippen LogP contribution is -2.36. The van der Waals surface area contributed by atoms with E-state index in [2.05, 4.69) is 42.1 Å². The molecule has 0 spiro atoms. The molecule has 0 aliphatic heterocycles. The number of hydrogen-bond donors (Lipinski definition) is 1. The number of unbranched alkanes of at least 4 members (excludes halogenated alkanes) is 1. The lowest BCUT2D eigenvalue weighted by molar-refractivity contribution is -0.134. The molecule has 1 aliphatic rings. The molecule has 8 heteroatoms. The molecule has 3 heterocycles. The lowest BCUT2D eigenvalue weighted by atomic mass is 9.87. The van der Waals surface area contributed by atoms with E-state index in [0.29, 0.717) is 5.88 Å². The Kier molecular flexibility index (Phi) is 7.66. The second-order valence-corrected chi connectivity index (χ2v) is 10.2. The molecule has 34 heavy (non-hydrogen) atoms. The molecule has 1 N–H and O–H groups in total. The first-order valence-electron chi connectivity index (χ1n) is 12.3. The number of anilines is 2. The van der Waals surface area contributed by atoms with Crippen LogP contribution in [0.4, 0.5) is 11.5 Å². The minimum absolute atomic E-state index is 0.0461. The summed E-state index contributed by atoms with van der Waals surface area (Å²) in [4.78, 5) is 31.0. The fraction of sp³-hybridized carbons (Fsp3) is 0.538. The quantitative estimate of drug-likeness (QED) is 0.437. The minimum atomic E-state index is 0.0461. The first kappa shape index (κ1) is 24.4. The van der Waals surface area contributed by atoms with Gasteiger partial charge in [-0.25, -0.2) is 15.0 Å². The number of carbonyl (C=O) groups excluding carboxylic acids is 1. The van der Waals surface area contributed by atoms with Gasteiger partial charge in [0.05, 0.1) is 12.5 Å². The molecule has 0 saturated heterocycles. The van der Waals surface area contributed by atoms with E-state index in [1.165, 1.54) is 10.4 Å². The van der Waals surface area contributed by atoms with Crippen molar-refractivity contribution < 1.29 is 9.53 Å². The van der Waals surface area contributed by atoms with Gasteiger partial charge in [0.25, 0.3) is 0 Å². The summed E-state index contributed by atoms with van der Waals surface area (Å²) in [5, 5.41) is 4.54. The zero-order chi connectivity index (χ0) is 24.2. The number of carbonyl (C=O) groups is 1. The molecule has 4 rings (SSSR count). The molecule has 182 valence electrons. The number of rotatable bonds is 9. The van der Waals surface area contributed by atoms with Crippen LogP contribution < -0.4 is 10.1 Å². The highest BCUT2D eigenvalue weighted by molar-refractivity contribution is 7.19. The number of nitrogens with zero attached hydrogens (tertiary/aromatic N) is 4.